The highest BCUT2D eigenvalue weighted by Gasteiger charge is 2.26. The zero-order valence-electron chi connectivity index (χ0n) is 9.70. The van der Waals surface area contributed by atoms with E-state index in [1.165, 1.54) is 22.5 Å². The smallest absolute Gasteiger partial charge is 0.244 e. The minimum Gasteiger partial charge on any atom is -0.399 e. The maximum absolute atomic E-state index is 12.4. The summed E-state index contributed by atoms with van der Waals surface area (Å²) < 4.78 is 26.1. The molecule has 2 rings (SSSR count). The second-order valence-corrected chi connectivity index (χ2v) is 5.90. The van der Waals surface area contributed by atoms with Crippen molar-refractivity contribution in [2.75, 3.05) is 18.8 Å². The highest BCUT2D eigenvalue weighted by atomic mass is 32.2. The van der Waals surface area contributed by atoms with Crippen molar-refractivity contribution in [2.45, 2.75) is 11.3 Å². The number of nitrogens with two attached hydrogens (primary N) is 1. The largest absolute Gasteiger partial charge is 0.399 e. The van der Waals surface area contributed by atoms with E-state index in [0.29, 0.717) is 25.2 Å². The first-order chi connectivity index (χ1) is 8.55. The molecular weight excluding hydrogens is 250 g/mol. The van der Waals surface area contributed by atoms with Gasteiger partial charge in [-0.2, -0.15) is 9.57 Å². The first-order valence-corrected chi connectivity index (χ1v) is 6.94. The third kappa shape index (κ3) is 2.23. The average Bonchev–Trinajstić information content (AvgIpc) is 2.39. The molecule has 0 amide bonds. The first-order valence-electron chi connectivity index (χ1n) is 5.50. The van der Waals surface area contributed by atoms with Gasteiger partial charge in [-0.15, -0.1) is 0 Å². The minimum atomic E-state index is -3.62. The van der Waals surface area contributed by atoms with Crippen molar-refractivity contribution in [2.24, 2.45) is 0 Å². The molecule has 0 saturated carbocycles. The number of hydrogen-bond donors (Lipinski definition) is 1. The number of rotatable bonds is 2. The molecule has 1 heterocycles. The summed E-state index contributed by atoms with van der Waals surface area (Å²) in [7, 11) is -3.62. The predicted octanol–water partition coefficient (Wildman–Crippen LogP) is 1.09. The van der Waals surface area contributed by atoms with Gasteiger partial charge in [-0.3, -0.25) is 0 Å². The molecule has 5 nitrogen and oxygen atoms in total. The Balaban J connectivity index is 2.48. The van der Waals surface area contributed by atoms with Gasteiger partial charge >= 0.3 is 0 Å². The third-order valence-corrected chi connectivity index (χ3v) is 4.69. The minimum absolute atomic E-state index is 0.0227. The average molecular weight is 263 g/mol. The Bertz CT molecular complexity index is 629. The zero-order chi connectivity index (χ0) is 13.2. The van der Waals surface area contributed by atoms with E-state index in [9.17, 15) is 8.42 Å². The molecule has 1 aromatic carbocycles. The van der Waals surface area contributed by atoms with Crippen molar-refractivity contribution in [3.8, 4) is 6.07 Å². The van der Waals surface area contributed by atoms with Crippen LogP contribution in [0.25, 0.3) is 0 Å². The van der Waals surface area contributed by atoms with Crippen LogP contribution in [0.4, 0.5) is 5.69 Å². The fraction of sp³-hybridized carbons (Fsp3) is 0.250. The molecule has 0 aromatic heterocycles. The van der Waals surface area contributed by atoms with E-state index in [1.54, 1.807) is 0 Å². The number of sulfonamides is 1. The molecule has 0 saturated heterocycles. The second kappa shape index (κ2) is 4.80. The lowest BCUT2D eigenvalue weighted by atomic mass is 10.2. The lowest BCUT2D eigenvalue weighted by Gasteiger charge is -2.23. The summed E-state index contributed by atoms with van der Waals surface area (Å²) in [5.41, 5.74) is 6.02. The van der Waals surface area contributed by atoms with E-state index in [1.807, 2.05) is 18.2 Å². The highest BCUT2D eigenvalue weighted by molar-refractivity contribution is 7.89. The van der Waals surface area contributed by atoms with Crippen LogP contribution in [0, 0.1) is 11.3 Å². The highest BCUT2D eigenvalue weighted by Crippen LogP contribution is 2.23. The van der Waals surface area contributed by atoms with Crippen LogP contribution < -0.4 is 5.73 Å². The summed E-state index contributed by atoms with van der Waals surface area (Å²) >= 11 is 0. The van der Waals surface area contributed by atoms with Crippen molar-refractivity contribution < 1.29 is 8.42 Å². The summed E-state index contributed by atoms with van der Waals surface area (Å²) in [6.45, 7) is 0.783. The summed E-state index contributed by atoms with van der Waals surface area (Å²) in [4.78, 5) is 0.0227. The van der Waals surface area contributed by atoms with Gasteiger partial charge in [0.1, 0.15) is 11.0 Å². The van der Waals surface area contributed by atoms with Crippen molar-refractivity contribution in [1.82, 2.24) is 4.31 Å². The molecule has 94 valence electrons. The molecule has 0 atom stereocenters. The summed E-state index contributed by atoms with van der Waals surface area (Å²) in [5, 5.41) is 9.00. The van der Waals surface area contributed by atoms with Gasteiger partial charge in [-0.25, -0.2) is 8.42 Å². The SMILES string of the molecule is N#Cc1cc(N)ccc1S(=O)(=O)N1CC=CCC1. The lowest BCUT2D eigenvalue weighted by Crippen LogP contribution is -2.34. The van der Waals surface area contributed by atoms with Crippen molar-refractivity contribution in [3.63, 3.8) is 0 Å². The maximum atomic E-state index is 12.4. The summed E-state index contributed by atoms with van der Waals surface area (Å²) in [6.07, 6.45) is 4.45. The number of nitriles is 1. The summed E-state index contributed by atoms with van der Waals surface area (Å²) in [5.74, 6) is 0. The number of hydrogen-bond acceptors (Lipinski definition) is 4. The Hall–Kier alpha value is -1.84. The van der Waals surface area contributed by atoms with Crippen LogP contribution in [0.3, 0.4) is 0 Å². The first kappa shape index (κ1) is 12.6. The van der Waals surface area contributed by atoms with Crippen LogP contribution in [-0.4, -0.2) is 25.8 Å². The van der Waals surface area contributed by atoms with Crippen LogP contribution in [0.15, 0.2) is 35.2 Å². The van der Waals surface area contributed by atoms with Gasteiger partial charge in [0.05, 0.1) is 5.56 Å². The lowest BCUT2D eigenvalue weighted by molar-refractivity contribution is 0.437. The van der Waals surface area contributed by atoms with Gasteiger partial charge in [0.25, 0.3) is 0 Å². The van der Waals surface area contributed by atoms with Crippen molar-refractivity contribution >= 4 is 15.7 Å². The monoisotopic (exact) mass is 263 g/mol. The molecule has 2 N–H and O–H groups in total. The van der Waals surface area contributed by atoms with E-state index in [-0.39, 0.29) is 10.5 Å². The van der Waals surface area contributed by atoms with Crippen LogP contribution in [0.1, 0.15) is 12.0 Å². The molecule has 0 spiro atoms. The molecule has 1 aromatic rings. The summed E-state index contributed by atoms with van der Waals surface area (Å²) in [6, 6.07) is 6.14. The van der Waals surface area contributed by atoms with Crippen molar-refractivity contribution in [1.29, 1.82) is 5.26 Å². The van der Waals surface area contributed by atoms with Gasteiger partial charge in [0.2, 0.25) is 10.0 Å². The fourth-order valence-electron chi connectivity index (χ4n) is 1.84. The molecule has 6 heteroatoms. The van der Waals surface area contributed by atoms with Crippen molar-refractivity contribution in [3.05, 3.63) is 35.9 Å². The van der Waals surface area contributed by atoms with Crippen LogP contribution >= 0.6 is 0 Å². The Labute approximate surface area is 106 Å². The Morgan fingerprint density at radius 3 is 2.72 bits per heavy atom. The Morgan fingerprint density at radius 1 is 1.33 bits per heavy atom. The van der Waals surface area contributed by atoms with Gasteiger partial charge in [0.15, 0.2) is 0 Å². The number of anilines is 1. The van der Waals surface area contributed by atoms with Crippen LogP contribution in [0.5, 0.6) is 0 Å². The van der Waals surface area contributed by atoms with Gasteiger partial charge in [-0.05, 0) is 24.6 Å². The molecule has 0 unspecified atom stereocenters. The zero-order valence-corrected chi connectivity index (χ0v) is 10.5. The predicted molar refractivity (Wildman–Crippen MR) is 68.1 cm³/mol. The normalized spacial score (nSPS) is 16.4. The quantitative estimate of drug-likeness (QED) is 0.639. The van der Waals surface area contributed by atoms with Gasteiger partial charge in [-0.1, -0.05) is 12.2 Å². The standard InChI is InChI=1S/C12H13N3O2S/c13-9-10-8-11(14)4-5-12(10)18(16,17)15-6-2-1-3-7-15/h1-2,4-5,8H,3,6-7,14H2. The Morgan fingerprint density at radius 2 is 2.11 bits per heavy atom. The molecular formula is C12H13N3O2S. The van der Waals surface area contributed by atoms with E-state index < -0.39 is 10.0 Å². The van der Waals surface area contributed by atoms with Gasteiger partial charge in [0, 0.05) is 18.8 Å². The number of nitrogen functional groups attached to an aromatic ring is 1. The number of nitrogens with zero attached hydrogens (tertiary/aromatic N) is 2. The van der Waals surface area contributed by atoms with E-state index in [2.05, 4.69) is 0 Å². The fourth-order valence-corrected chi connectivity index (χ4v) is 3.37. The molecule has 0 bridgehead atoms. The third-order valence-electron chi connectivity index (χ3n) is 2.76. The molecule has 0 radical (unpaired) electrons. The molecule has 0 fully saturated rings. The van der Waals surface area contributed by atoms with Crippen LogP contribution in [-0.2, 0) is 10.0 Å². The van der Waals surface area contributed by atoms with Gasteiger partial charge < -0.3 is 5.73 Å². The van der Waals surface area contributed by atoms with Crippen LogP contribution in [0.2, 0.25) is 0 Å². The molecule has 1 aliphatic heterocycles. The molecule has 0 aliphatic carbocycles. The van der Waals surface area contributed by atoms with E-state index in [4.69, 9.17) is 11.0 Å². The molecule has 1 aliphatic rings. The van der Waals surface area contributed by atoms with E-state index >= 15 is 0 Å². The molecule has 18 heavy (non-hydrogen) atoms. The van der Waals surface area contributed by atoms with E-state index in [0.717, 1.165) is 0 Å². The second-order valence-electron chi connectivity index (χ2n) is 3.99. The Kier molecular flexibility index (Phi) is 3.36. The topological polar surface area (TPSA) is 87.2 Å². The maximum Gasteiger partial charge on any atom is 0.244 e. The number of benzene rings is 1.